The smallest absolute Gasteiger partial charge is 0.277 e. The summed E-state index contributed by atoms with van der Waals surface area (Å²) in [6, 6.07) is 6.99. The van der Waals surface area contributed by atoms with Gasteiger partial charge < -0.3 is 14.2 Å². The molecular formula is C20H20ClN5O5S. The summed E-state index contributed by atoms with van der Waals surface area (Å²) in [5.41, 5.74) is 0.734. The zero-order chi connectivity index (χ0) is 22.7. The zero-order valence-electron chi connectivity index (χ0n) is 17.0. The second-order valence-electron chi connectivity index (χ2n) is 7.30. The number of benzene rings is 1. The number of nitrogens with zero attached hydrogens (tertiary/aromatic N) is 5. The van der Waals surface area contributed by atoms with Gasteiger partial charge in [0.15, 0.2) is 0 Å². The maximum atomic E-state index is 12.5. The number of piperazine rings is 1. The van der Waals surface area contributed by atoms with Gasteiger partial charge in [0.2, 0.25) is 29.5 Å². The first-order valence-corrected chi connectivity index (χ1v) is 11.4. The molecule has 168 valence electrons. The number of halogens is 1. The van der Waals surface area contributed by atoms with Crippen LogP contribution in [0.15, 0.2) is 33.9 Å². The molecule has 4 amide bonds. The minimum Gasteiger partial charge on any atom is -0.411 e. The number of aromatic nitrogens is 2. The van der Waals surface area contributed by atoms with Crippen molar-refractivity contribution in [3.63, 3.8) is 0 Å². The summed E-state index contributed by atoms with van der Waals surface area (Å²) in [4.78, 5) is 52.6. The topological polar surface area (TPSA) is 117 Å². The summed E-state index contributed by atoms with van der Waals surface area (Å²) in [6.45, 7) is 1.24. The van der Waals surface area contributed by atoms with Crippen LogP contribution in [0.3, 0.4) is 0 Å². The molecule has 0 bridgehead atoms. The van der Waals surface area contributed by atoms with Gasteiger partial charge in [0.1, 0.15) is 6.54 Å². The predicted octanol–water partition coefficient (Wildman–Crippen LogP) is 1.30. The highest BCUT2D eigenvalue weighted by Gasteiger charge is 2.33. The Labute approximate surface area is 192 Å². The van der Waals surface area contributed by atoms with Gasteiger partial charge in [-0.1, -0.05) is 23.4 Å². The zero-order valence-corrected chi connectivity index (χ0v) is 18.6. The molecule has 2 fully saturated rings. The van der Waals surface area contributed by atoms with Crippen molar-refractivity contribution in [2.75, 3.05) is 38.5 Å². The number of hydrogen-bond acceptors (Lipinski definition) is 8. The number of amides is 4. The molecule has 1 aromatic carbocycles. The number of thioether (sulfide) groups is 1. The van der Waals surface area contributed by atoms with Gasteiger partial charge in [0.05, 0.1) is 5.75 Å². The Morgan fingerprint density at radius 3 is 2.16 bits per heavy atom. The number of carbonyl (C=O) groups is 4. The standard InChI is InChI=1S/C20H20ClN5O5S/c21-14-3-1-13(2-4-14)19-22-23-20(31-19)32-12-18(30)25-9-7-24(8-10-25)17(29)11-26-15(27)5-6-16(26)28/h1-4H,5-12H2. The lowest BCUT2D eigenvalue weighted by atomic mass is 10.2. The summed E-state index contributed by atoms with van der Waals surface area (Å²) in [7, 11) is 0. The van der Waals surface area contributed by atoms with Gasteiger partial charge >= 0.3 is 0 Å². The van der Waals surface area contributed by atoms with Gasteiger partial charge in [-0.2, -0.15) is 0 Å². The maximum absolute atomic E-state index is 12.5. The van der Waals surface area contributed by atoms with Crippen molar-refractivity contribution < 1.29 is 23.6 Å². The molecule has 1 aromatic heterocycles. The summed E-state index contributed by atoms with van der Waals surface area (Å²) in [6.07, 6.45) is 0.320. The fourth-order valence-electron chi connectivity index (χ4n) is 3.43. The first-order valence-electron chi connectivity index (χ1n) is 10.0. The van der Waals surface area contributed by atoms with Gasteiger partial charge in [-0.05, 0) is 24.3 Å². The quantitative estimate of drug-likeness (QED) is 0.451. The van der Waals surface area contributed by atoms with E-state index in [1.165, 1.54) is 0 Å². The summed E-state index contributed by atoms with van der Waals surface area (Å²) >= 11 is 7.02. The van der Waals surface area contributed by atoms with Crippen molar-refractivity contribution >= 4 is 47.0 Å². The molecule has 2 aromatic rings. The SMILES string of the molecule is O=C(CSc1nnc(-c2ccc(Cl)cc2)o1)N1CCN(C(=O)CN2C(=O)CCC2=O)CC1. The minimum atomic E-state index is -0.311. The van der Waals surface area contributed by atoms with Crippen molar-refractivity contribution in [1.29, 1.82) is 0 Å². The van der Waals surface area contributed by atoms with Crippen LogP contribution in [-0.2, 0) is 19.2 Å². The molecule has 2 aliphatic heterocycles. The first-order chi connectivity index (χ1) is 15.4. The van der Waals surface area contributed by atoms with E-state index in [0.29, 0.717) is 37.1 Å². The average molecular weight is 478 g/mol. The second kappa shape index (κ2) is 9.70. The number of carbonyl (C=O) groups excluding carboxylic acids is 4. The van der Waals surface area contributed by atoms with Crippen LogP contribution < -0.4 is 0 Å². The largest absolute Gasteiger partial charge is 0.411 e. The van der Waals surface area contributed by atoms with E-state index in [9.17, 15) is 19.2 Å². The molecule has 4 rings (SSSR count). The van der Waals surface area contributed by atoms with Gasteiger partial charge in [0, 0.05) is 49.6 Å². The number of hydrogen-bond donors (Lipinski definition) is 0. The molecule has 12 heteroatoms. The Morgan fingerprint density at radius 2 is 1.53 bits per heavy atom. The van der Waals surface area contributed by atoms with E-state index in [1.54, 1.807) is 34.1 Å². The van der Waals surface area contributed by atoms with Crippen molar-refractivity contribution in [3.8, 4) is 11.5 Å². The van der Waals surface area contributed by atoms with Gasteiger partial charge in [-0.25, -0.2) is 0 Å². The summed E-state index contributed by atoms with van der Waals surface area (Å²) < 4.78 is 5.59. The molecule has 0 unspecified atom stereocenters. The van der Waals surface area contributed by atoms with Crippen LogP contribution >= 0.6 is 23.4 Å². The normalized spacial score (nSPS) is 16.7. The monoisotopic (exact) mass is 477 g/mol. The molecule has 32 heavy (non-hydrogen) atoms. The predicted molar refractivity (Wildman–Crippen MR) is 115 cm³/mol. The molecule has 0 radical (unpaired) electrons. The number of rotatable bonds is 6. The first kappa shape index (κ1) is 22.3. The molecule has 0 atom stereocenters. The molecule has 0 spiro atoms. The van der Waals surface area contributed by atoms with E-state index >= 15 is 0 Å². The highest BCUT2D eigenvalue weighted by Crippen LogP contribution is 2.24. The lowest BCUT2D eigenvalue weighted by molar-refractivity contribution is -0.146. The summed E-state index contributed by atoms with van der Waals surface area (Å²) in [5.74, 6) is -0.524. The van der Waals surface area contributed by atoms with Crippen LogP contribution in [0.2, 0.25) is 5.02 Å². The van der Waals surface area contributed by atoms with Crippen LogP contribution in [0.4, 0.5) is 0 Å². The Bertz CT molecular complexity index is 1020. The molecule has 10 nitrogen and oxygen atoms in total. The third kappa shape index (κ3) is 5.10. The molecule has 3 heterocycles. The highest BCUT2D eigenvalue weighted by molar-refractivity contribution is 7.99. The van der Waals surface area contributed by atoms with E-state index in [-0.39, 0.29) is 54.0 Å². The van der Waals surface area contributed by atoms with Gasteiger partial charge in [-0.15, -0.1) is 10.2 Å². The highest BCUT2D eigenvalue weighted by atomic mass is 35.5. The Hall–Kier alpha value is -2.92. The number of likely N-dealkylation sites (tertiary alicyclic amines) is 1. The second-order valence-corrected chi connectivity index (χ2v) is 8.67. The van der Waals surface area contributed by atoms with E-state index in [1.807, 2.05) is 0 Å². The maximum Gasteiger partial charge on any atom is 0.277 e. The molecular weight excluding hydrogens is 458 g/mol. The molecule has 0 aliphatic carbocycles. The lowest BCUT2D eigenvalue weighted by Gasteiger charge is -2.35. The summed E-state index contributed by atoms with van der Waals surface area (Å²) in [5, 5.41) is 8.84. The molecule has 0 N–H and O–H groups in total. The van der Waals surface area contributed by atoms with E-state index in [2.05, 4.69) is 10.2 Å². The average Bonchev–Trinajstić information content (AvgIpc) is 3.40. The third-order valence-electron chi connectivity index (χ3n) is 5.25. The van der Waals surface area contributed by atoms with Crippen LogP contribution in [0.25, 0.3) is 11.5 Å². The lowest BCUT2D eigenvalue weighted by Crippen LogP contribution is -2.53. The molecule has 2 aliphatic rings. The van der Waals surface area contributed by atoms with Crippen LogP contribution in [0.1, 0.15) is 12.8 Å². The third-order valence-corrected chi connectivity index (χ3v) is 6.31. The van der Waals surface area contributed by atoms with E-state index in [0.717, 1.165) is 22.2 Å². The van der Waals surface area contributed by atoms with Crippen LogP contribution in [0, 0.1) is 0 Å². The fraction of sp³-hybridized carbons (Fsp3) is 0.400. The number of imide groups is 1. The Balaban J connectivity index is 1.23. The van der Waals surface area contributed by atoms with Crippen molar-refractivity contribution in [2.45, 2.75) is 18.1 Å². The van der Waals surface area contributed by atoms with Gasteiger partial charge in [-0.3, -0.25) is 24.1 Å². The van der Waals surface area contributed by atoms with E-state index in [4.69, 9.17) is 16.0 Å². The van der Waals surface area contributed by atoms with Crippen molar-refractivity contribution in [1.82, 2.24) is 24.9 Å². The van der Waals surface area contributed by atoms with Crippen molar-refractivity contribution in [2.24, 2.45) is 0 Å². The van der Waals surface area contributed by atoms with Crippen molar-refractivity contribution in [3.05, 3.63) is 29.3 Å². The molecule has 2 saturated heterocycles. The minimum absolute atomic E-state index is 0.0989. The molecule has 0 saturated carbocycles. The fourth-order valence-corrected chi connectivity index (χ4v) is 4.22. The van der Waals surface area contributed by atoms with Crippen LogP contribution in [0.5, 0.6) is 0 Å². The van der Waals surface area contributed by atoms with Gasteiger partial charge in [0.25, 0.3) is 5.22 Å². The Kier molecular flexibility index (Phi) is 6.75. The van der Waals surface area contributed by atoms with E-state index < -0.39 is 0 Å². The Morgan fingerprint density at radius 1 is 0.938 bits per heavy atom. The van der Waals surface area contributed by atoms with Crippen LogP contribution in [-0.4, -0.2) is 87.0 Å².